The van der Waals surface area contributed by atoms with Crippen LogP contribution in [-0.2, 0) is 10.8 Å². The summed E-state index contributed by atoms with van der Waals surface area (Å²) in [5.41, 5.74) is 17.7. The Morgan fingerprint density at radius 2 is 1.32 bits per heavy atom. The highest BCUT2D eigenvalue weighted by molar-refractivity contribution is 7.26. The van der Waals surface area contributed by atoms with Gasteiger partial charge in [0.25, 0.3) is 0 Å². The third-order valence-electron chi connectivity index (χ3n) is 13.6. The molecular formula is C54H41NOS. The van der Waals surface area contributed by atoms with E-state index in [0.717, 1.165) is 39.7 Å². The predicted octanol–water partition coefficient (Wildman–Crippen LogP) is 15.5. The van der Waals surface area contributed by atoms with Gasteiger partial charge in [-0.3, -0.25) is 0 Å². The fourth-order valence-electron chi connectivity index (χ4n) is 10.6. The highest BCUT2D eigenvalue weighted by atomic mass is 32.1. The summed E-state index contributed by atoms with van der Waals surface area (Å²) in [7, 11) is 0. The molecule has 57 heavy (non-hydrogen) atoms. The van der Waals surface area contributed by atoms with Crippen LogP contribution in [0.1, 0.15) is 61.9 Å². The molecular weight excluding hydrogens is 711 g/mol. The SMILES string of the molecule is CC1(C)c2ccccc2-c2ccc(N(c3cccc(C4=CC=C5c6ccccc6C(C)(C)C5C4)c3)c3cc4c5ccccc5oc4c4c3sc3ccccc34)cc21. The minimum atomic E-state index is -0.129. The van der Waals surface area contributed by atoms with Gasteiger partial charge in [-0.1, -0.05) is 143 Å². The summed E-state index contributed by atoms with van der Waals surface area (Å²) in [6, 6.07) is 54.1. The molecule has 0 N–H and O–H groups in total. The Labute approximate surface area is 337 Å². The molecule has 0 spiro atoms. The molecule has 1 atom stereocenters. The summed E-state index contributed by atoms with van der Waals surface area (Å²) in [4.78, 5) is 2.53. The van der Waals surface area contributed by atoms with Gasteiger partial charge in [0.2, 0.25) is 0 Å². The third kappa shape index (κ3) is 4.58. The van der Waals surface area contributed by atoms with E-state index >= 15 is 0 Å². The number of thiophene rings is 1. The van der Waals surface area contributed by atoms with Crippen molar-refractivity contribution in [2.45, 2.75) is 44.9 Å². The topological polar surface area (TPSA) is 16.4 Å². The maximum Gasteiger partial charge on any atom is 0.144 e. The molecule has 0 bridgehead atoms. The van der Waals surface area contributed by atoms with Crippen LogP contribution in [0.3, 0.4) is 0 Å². The smallest absolute Gasteiger partial charge is 0.144 e. The molecule has 0 aliphatic heterocycles. The number of allylic oxidation sites excluding steroid dienone is 4. The van der Waals surface area contributed by atoms with Crippen LogP contribution in [-0.4, -0.2) is 0 Å². The lowest BCUT2D eigenvalue weighted by atomic mass is 9.72. The first-order chi connectivity index (χ1) is 27.8. The first-order valence-corrected chi connectivity index (χ1v) is 21.0. The van der Waals surface area contributed by atoms with Crippen LogP contribution >= 0.6 is 11.3 Å². The molecule has 0 saturated carbocycles. The Morgan fingerprint density at radius 1 is 0.596 bits per heavy atom. The molecule has 3 aliphatic carbocycles. The second kappa shape index (κ2) is 11.7. The summed E-state index contributed by atoms with van der Waals surface area (Å²) in [5.74, 6) is 0.435. The van der Waals surface area contributed by atoms with Crippen molar-refractivity contribution in [3.8, 4) is 11.1 Å². The van der Waals surface area contributed by atoms with Crippen molar-refractivity contribution in [3.63, 3.8) is 0 Å². The monoisotopic (exact) mass is 751 g/mol. The largest absolute Gasteiger partial charge is 0.455 e. The van der Waals surface area contributed by atoms with Gasteiger partial charge in [-0.15, -0.1) is 11.3 Å². The van der Waals surface area contributed by atoms with Gasteiger partial charge in [0.1, 0.15) is 11.2 Å². The summed E-state index contributed by atoms with van der Waals surface area (Å²) in [6.45, 7) is 9.61. The van der Waals surface area contributed by atoms with Gasteiger partial charge >= 0.3 is 0 Å². The quantitative estimate of drug-likeness (QED) is 0.178. The zero-order valence-corrected chi connectivity index (χ0v) is 33.4. The van der Waals surface area contributed by atoms with Crippen molar-refractivity contribution in [3.05, 3.63) is 186 Å². The molecule has 2 nitrogen and oxygen atoms in total. The Kier molecular flexibility index (Phi) is 6.77. The van der Waals surface area contributed by atoms with Crippen LogP contribution in [0, 0.1) is 5.92 Å². The van der Waals surface area contributed by atoms with E-state index in [1.54, 1.807) is 0 Å². The number of furan rings is 1. The third-order valence-corrected chi connectivity index (χ3v) is 14.8. The van der Waals surface area contributed by atoms with E-state index in [1.807, 2.05) is 11.3 Å². The van der Waals surface area contributed by atoms with Gasteiger partial charge in [-0.2, -0.15) is 0 Å². The van der Waals surface area contributed by atoms with Gasteiger partial charge in [-0.25, -0.2) is 0 Å². The zero-order chi connectivity index (χ0) is 38.2. The average molecular weight is 752 g/mol. The van der Waals surface area contributed by atoms with Gasteiger partial charge in [0.05, 0.1) is 10.4 Å². The second-order valence-electron chi connectivity index (χ2n) is 17.3. The molecule has 274 valence electrons. The van der Waals surface area contributed by atoms with Crippen molar-refractivity contribution < 1.29 is 4.42 Å². The van der Waals surface area contributed by atoms with Crippen LogP contribution < -0.4 is 4.90 Å². The summed E-state index contributed by atoms with van der Waals surface area (Å²) in [5, 5.41) is 4.70. The fourth-order valence-corrected chi connectivity index (χ4v) is 11.8. The summed E-state index contributed by atoms with van der Waals surface area (Å²) < 4.78 is 9.24. The molecule has 0 amide bonds. The van der Waals surface area contributed by atoms with Crippen molar-refractivity contribution in [2.24, 2.45) is 5.92 Å². The molecule has 7 aromatic carbocycles. The lowest BCUT2D eigenvalue weighted by Crippen LogP contribution is -2.24. The first kappa shape index (κ1) is 33.0. The lowest BCUT2D eigenvalue weighted by molar-refractivity contribution is 0.418. The first-order valence-electron chi connectivity index (χ1n) is 20.2. The van der Waals surface area contributed by atoms with Crippen LogP contribution in [0.2, 0.25) is 0 Å². The molecule has 3 heteroatoms. The van der Waals surface area contributed by atoms with Gasteiger partial charge in [-0.05, 0) is 110 Å². The van der Waals surface area contributed by atoms with Crippen LogP contribution in [0.4, 0.5) is 17.1 Å². The van der Waals surface area contributed by atoms with Crippen molar-refractivity contribution in [2.75, 3.05) is 4.90 Å². The zero-order valence-electron chi connectivity index (χ0n) is 32.6. The van der Waals surface area contributed by atoms with E-state index in [9.17, 15) is 0 Å². The molecule has 9 aromatic rings. The van der Waals surface area contributed by atoms with Crippen molar-refractivity contribution in [1.82, 2.24) is 0 Å². The highest BCUT2D eigenvalue weighted by Crippen LogP contribution is 2.56. The number of benzene rings is 7. The molecule has 3 aliphatic rings. The van der Waals surface area contributed by atoms with E-state index in [1.165, 1.54) is 76.0 Å². The number of nitrogens with zero attached hydrogens (tertiary/aromatic N) is 1. The second-order valence-corrected chi connectivity index (χ2v) is 18.3. The molecule has 0 saturated heterocycles. The maximum atomic E-state index is 6.75. The van der Waals surface area contributed by atoms with E-state index in [-0.39, 0.29) is 10.8 Å². The average Bonchev–Trinajstić information content (AvgIpc) is 3.94. The van der Waals surface area contributed by atoms with E-state index in [0.29, 0.717) is 5.92 Å². The van der Waals surface area contributed by atoms with Crippen molar-refractivity contribution >= 4 is 81.7 Å². The molecule has 1 unspecified atom stereocenters. The van der Waals surface area contributed by atoms with Gasteiger partial charge < -0.3 is 9.32 Å². The van der Waals surface area contributed by atoms with Crippen LogP contribution in [0.25, 0.3) is 64.4 Å². The number of hydrogen-bond acceptors (Lipinski definition) is 3. The molecule has 12 rings (SSSR count). The van der Waals surface area contributed by atoms with Gasteiger partial charge in [0, 0.05) is 43.0 Å². The van der Waals surface area contributed by atoms with E-state index in [4.69, 9.17) is 4.42 Å². The minimum absolute atomic E-state index is 0.0654. The number of anilines is 3. The van der Waals surface area contributed by atoms with E-state index in [2.05, 4.69) is 190 Å². The highest BCUT2D eigenvalue weighted by Gasteiger charge is 2.43. The maximum absolute atomic E-state index is 6.75. The Morgan fingerprint density at radius 3 is 2.19 bits per heavy atom. The number of rotatable bonds is 4. The van der Waals surface area contributed by atoms with Crippen LogP contribution in [0.5, 0.6) is 0 Å². The number of para-hydroxylation sites is 1. The Bertz CT molecular complexity index is 3240. The molecule has 0 radical (unpaired) electrons. The van der Waals surface area contributed by atoms with E-state index < -0.39 is 0 Å². The molecule has 2 heterocycles. The summed E-state index contributed by atoms with van der Waals surface area (Å²) >= 11 is 1.86. The predicted molar refractivity (Wildman–Crippen MR) is 242 cm³/mol. The van der Waals surface area contributed by atoms with Gasteiger partial charge in [0.15, 0.2) is 0 Å². The molecule has 0 fully saturated rings. The lowest BCUT2D eigenvalue weighted by Gasteiger charge is -2.32. The minimum Gasteiger partial charge on any atom is -0.455 e. The standard InChI is InChI=1S/C54H41NOS/c1-53(2)43-20-9-5-16-36(43)38-26-24-33(29-45(38)53)32-14-13-15-34(28-32)55(35-25-27-39-37-17-6-10-21-44(37)54(3,4)46(39)30-35)47-31-42-40-18-7-11-22-48(40)56-51(42)50-41-19-8-12-23-49(41)57-52(47)50/h5-28,30-31,45H,29H2,1-4H3. The Hall–Kier alpha value is -6.16. The number of fused-ring (bicyclic) bond motifs is 13. The van der Waals surface area contributed by atoms with Crippen LogP contribution in [0.15, 0.2) is 162 Å². The normalized spacial score (nSPS) is 17.4. The number of hydrogen-bond donors (Lipinski definition) is 0. The van der Waals surface area contributed by atoms with Crippen molar-refractivity contribution in [1.29, 1.82) is 0 Å². The molecule has 2 aromatic heterocycles. The fraction of sp³-hybridized carbons (Fsp3) is 0.148. The Balaban J connectivity index is 1.10. The summed E-state index contributed by atoms with van der Waals surface area (Å²) in [6.07, 6.45) is 5.80.